The molecule has 0 aromatic carbocycles. The monoisotopic (exact) mass is 170 g/mol. The number of oxazole rings is 1. The number of aryl methyl sites for hydroxylation is 1. The number of aromatic nitrogens is 1. The summed E-state index contributed by atoms with van der Waals surface area (Å²) in [5.41, 5.74) is 6.09. The zero-order valence-electron chi connectivity index (χ0n) is 7.16. The van der Waals surface area contributed by atoms with E-state index in [0.717, 1.165) is 12.1 Å². The van der Waals surface area contributed by atoms with Crippen molar-refractivity contribution in [3.05, 3.63) is 17.8 Å². The van der Waals surface area contributed by atoms with Gasteiger partial charge in [-0.2, -0.15) is 0 Å². The summed E-state index contributed by atoms with van der Waals surface area (Å²) in [6.07, 6.45) is 2.31. The second-order valence-electron chi connectivity index (χ2n) is 2.77. The van der Waals surface area contributed by atoms with Gasteiger partial charge in [-0.15, -0.1) is 0 Å². The number of aliphatic hydroxyl groups is 1. The van der Waals surface area contributed by atoms with Crippen LogP contribution < -0.4 is 5.73 Å². The highest BCUT2D eigenvalue weighted by Gasteiger charge is 2.11. The van der Waals surface area contributed by atoms with Crippen LogP contribution in [0, 0.1) is 6.92 Å². The minimum Gasteiger partial charge on any atom is -0.446 e. The Bertz CT molecular complexity index is 235. The largest absolute Gasteiger partial charge is 0.446 e. The summed E-state index contributed by atoms with van der Waals surface area (Å²) in [4.78, 5) is 4.01. The molecule has 0 saturated heterocycles. The number of nitrogens with zero attached hydrogens (tertiary/aromatic N) is 1. The van der Waals surface area contributed by atoms with Gasteiger partial charge in [-0.3, -0.25) is 0 Å². The first kappa shape index (κ1) is 9.22. The van der Waals surface area contributed by atoms with Gasteiger partial charge in [-0.1, -0.05) is 0 Å². The average Bonchev–Trinajstić information content (AvgIpc) is 2.47. The molecule has 4 nitrogen and oxygen atoms in total. The zero-order valence-corrected chi connectivity index (χ0v) is 7.16. The van der Waals surface area contributed by atoms with Crippen LogP contribution in [0.2, 0.25) is 0 Å². The van der Waals surface area contributed by atoms with Crippen LogP contribution in [0.1, 0.15) is 30.5 Å². The summed E-state index contributed by atoms with van der Waals surface area (Å²) >= 11 is 0. The van der Waals surface area contributed by atoms with E-state index in [1.165, 1.54) is 6.26 Å². The lowest BCUT2D eigenvalue weighted by Crippen LogP contribution is -2.03. The van der Waals surface area contributed by atoms with Crippen LogP contribution in [0.4, 0.5) is 0 Å². The van der Waals surface area contributed by atoms with Gasteiger partial charge in [0.05, 0.1) is 5.69 Å². The molecule has 0 aliphatic heterocycles. The average molecular weight is 170 g/mol. The van der Waals surface area contributed by atoms with Crippen molar-refractivity contribution in [3.8, 4) is 0 Å². The highest BCUT2D eigenvalue weighted by Crippen LogP contribution is 2.16. The SMILES string of the molecule is Cc1coc(C(O)CCCN)n1. The first-order chi connectivity index (χ1) is 5.74. The van der Waals surface area contributed by atoms with Crippen molar-refractivity contribution in [1.82, 2.24) is 4.98 Å². The lowest BCUT2D eigenvalue weighted by atomic mass is 10.2. The molecule has 1 aromatic rings. The Labute approximate surface area is 71.4 Å². The van der Waals surface area contributed by atoms with Gasteiger partial charge in [-0.05, 0) is 26.3 Å². The lowest BCUT2D eigenvalue weighted by molar-refractivity contribution is 0.132. The van der Waals surface area contributed by atoms with Crippen molar-refractivity contribution in [2.24, 2.45) is 5.73 Å². The second-order valence-corrected chi connectivity index (χ2v) is 2.77. The molecule has 1 atom stereocenters. The fraction of sp³-hybridized carbons (Fsp3) is 0.625. The molecule has 4 heteroatoms. The predicted molar refractivity (Wildman–Crippen MR) is 44.5 cm³/mol. The van der Waals surface area contributed by atoms with Crippen LogP contribution >= 0.6 is 0 Å². The van der Waals surface area contributed by atoms with E-state index in [2.05, 4.69) is 4.98 Å². The molecule has 1 rings (SSSR count). The van der Waals surface area contributed by atoms with Gasteiger partial charge in [0.15, 0.2) is 0 Å². The minimum absolute atomic E-state index is 0.390. The Morgan fingerprint density at radius 1 is 1.75 bits per heavy atom. The molecule has 0 saturated carbocycles. The van der Waals surface area contributed by atoms with Gasteiger partial charge in [0.2, 0.25) is 5.89 Å². The van der Waals surface area contributed by atoms with E-state index in [0.29, 0.717) is 18.9 Å². The summed E-state index contributed by atoms with van der Waals surface area (Å²) < 4.78 is 5.02. The molecule has 0 fully saturated rings. The maximum atomic E-state index is 9.45. The topological polar surface area (TPSA) is 72.3 Å². The molecule has 0 aliphatic carbocycles. The molecule has 0 aliphatic rings. The molecule has 0 amide bonds. The third-order valence-electron chi connectivity index (χ3n) is 1.60. The van der Waals surface area contributed by atoms with E-state index in [1.54, 1.807) is 0 Å². The van der Waals surface area contributed by atoms with E-state index < -0.39 is 6.10 Å². The Morgan fingerprint density at radius 3 is 3.00 bits per heavy atom. The molecule has 3 N–H and O–H groups in total. The number of rotatable bonds is 4. The van der Waals surface area contributed by atoms with E-state index in [-0.39, 0.29) is 0 Å². The van der Waals surface area contributed by atoms with Gasteiger partial charge in [0.25, 0.3) is 0 Å². The van der Waals surface area contributed by atoms with Crippen molar-refractivity contribution in [3.63, 3.8) is 0 Å². The Balaban J connectivity index is 2.47. The van der Waals surface area contributed by atoms with Gasteiger partial charge in [0, 0.05) is 0 Å². The summed E-state index contributed by atoms with van der Waals surface area (Å²) in [7, 11) is 0. The van der Waals surface area contributed by atoms with Gasteiger partial charge >= 0.3 is 0 Å². The molecule has 0 radical (unpaired) electrons. The van der Waals surface area contributed by atoms with Crippen molar-refractivity contribution in [2.75, 3.05) is 6.54 Å². The smallest absolute Gasteiger partial charge is 0.223 e. The zero-order chi connectivity index (χ0) is 8.97. The second kappa shape index (κ2) is 4.23. The molecular formula is C8H14N2O2. The van der Waals surface area contributed by atoms with E-state index >= 15 is 0 Å². The fourth-order valence-corrected chi connectivity index (χ4v) is 0.960. The molecule has 0 spiro atoms. The molecule has 1 heterocycles. The Kier molecular flexibility index (Phi) is 3.25. The minimum atomic E-state index is -0.609. The Hall–Kier alpha value is -0.870. The van der Waals surface area contributed by atoms with E-state index in [4.69, 9.17) is 10.2 Å². The Morgan fingerprint density at radius 2 is 2.50 bits per heavy atom. The molecule has 68 valence electrons. The molecule has 1 aromatic heterocycles. The van der Waals surface area contributed by atoms with Crippen LogP contribution in [0.3, 0.4) is 0 Å². The van der Waals surface area contributed by atoms with Crippen molar-refractivity contribution >= 4 is 0 Å². The third kappa shape index (κ3) is 2.32. The van der Waals surface area contributed by atoms with Crippen LogP contribution in [-0.4, -0.2) is 16.6 Å². The summed E-state index contributed by atoms with van der Waals surface area (Å²) in [5, 5.41) is 9.45. The highest BCUT2D eigenvalue weighted by molar-refractivity contribution is 4.95. The third-order valence-corrected chi connectivity index (χ3v) is 1.60. The van der Waals surface area contributed by atoms with Gasteiger partial charge in [-0.25, -0.2) is 4.98 Å². The first-order valence-electron chi connectivity index (χ1n) is 4.04. The number of hydrogen-bond acceptors (Lipinski definition) is 4. The molecule has 0 bridgehead atoms. The van der Waals surface area contributed by atoms with Crippen molar-refractivity contribution in [1.29, 1.82) is 0 Å². The van der Waals surface area contributed by atoms with Crippen LogP contribution in [0.15, 0.2) is 10.7 Å². The molecule has 12 heavy (non-hydrogen) atoms. The van der Waals surface area contributed by atoms with Crippen molar-refractivity contribution in [2.45, 2.75) is 25.9 Å². The van der Waals surface area contributed by atoms with Gasteiger partial charge in [0.1, 0.15) is 12.4 Å². The standard InChI is InChI=1S/C8H14N2O2/c1-6-5-12-8(10-6)7(11)3-2-4-9/h5,7,11H,2-4,9H2,1H3. The van der Waals surface area contributed by atoms with Crippen LogP contribution in [0.5, 0.6) is 0 Å². The van der Waals surface area contributed by atoms with Crippen molar-refractivity contribution < 1.29 is 9.52 Å². The maximum Gasteiger partial charge on any atom is 0.223 e. The number of aliphatic hydroxyl groups excluding tert-OH is 1. The van der Waals surface area contributed by atoms with E-state index in [9.17, 15) is 5.11 Å². The first-order valence-corrected chi connectivity index (χ1v) is 4.04. The fourth-order valence-electron chi connectivity index (χ4n) is 0.960. The summed E-state index contributed by atoms with van der Waals surface area (Å²) in [6, 6.07) is 0. The van der Waals surface area contributed by atoms with Gasteiger partial charge < -0.3 is 15.3 Å². The molecular weight excluding hydrogens is 156 g/mol. The molecule has 1 unspecified atom stereocenters. The van der Waals surface area contributed by atoms with Crippen LogP contribution in [-0.2, 0) is 0 Å². The quantitative estimate of drug-likeness (QED) is 0.699. The predicted octanol–water partition coefficient (Wildman–Crippen LogP) is 0.755. The number of hydrogen-bond donors (Lipinski definition) is 2. The maximum absolute atomic E-state index is 9.45. The van der Waals surface area contributed by atoms with Crippen LogP contribution in [0.25, 0.3) is 0 Å². The normalized spacial score (nSPS) is 13.2. The highest BCUT2D eigenvalue weighted by atomic mass is 16.4. The summed E-state index contributed by atoms with van der Waals surface area (Å²) in [5.74, 6) is 0.390. The number of nitrogens with two attached hydrogens (primary N) is 1. The van der Waals surface area contributed by atoms with E-state index in [1.807, 2.05) is 6.92 Å². The summed E-state index contributed by atoms with van der Waals surface area (Å²) in [6.45, 7) is 2.40. The lowest BCUT2D eigenvalue weighted by Gasteiger charge is -2.03.